The summed E-state index contributed by atoms with van der Waals surface area (Å²) in [5, 5.41) is 15.8. The number of thioether (sulfide) groups is 1. The van der Waals surface area contributed by atoms with Crippen molar-refractivity contribution in [1.29, 1.82) is 0 Å². The van der Waals surface area contributed by atoms with Crippen LogP contribution in [0.25, 0.3) is 5.69 Å². The zero-order valence-electron chi connectivity index (χ0n) is 23.3. The van der Waals surface area contributed by atoms with Gasteiger partial charge >= 0.3 is 0 Å². The third kappa shape index (κ3) is 6.41. The lowest BCUT2D eigenvalue weighted by molar-refractivity contribution is -0.384. The van der Waals surface area contributed by atoms with Crippen LogP contribution in [0.4, 0.5) is 17.1 Å². The molecule has 10 nitrogen and oxygen atoms in total. The third-order valence-electron chi connectivity index (χ3n) is 6.85. The maximum atomic E-state index is 13.7. The number of benzene rings is 4. The van der Waals surface area contributed by atoms with Gasteiger partial charge in [0.15, 0.2) is 0 Å². The average molecular weight is 594 g/mol. The van der Waals surface area contributed by atoms with Crippen molar-refractivity contribution < 1.29 is 14.5 Å². The summed E-state index contributed by atoms with van der Waals surface area (Å²) in [7, 11) is 1.77. The van der Waals surface area contributed by atoms with Crippen molar-refractivity contribution in [2.75, 3.05) is 10.6 Å². The second-order valence-corrected chi connectivity index (χ2v) is 10.8. The molecule has 1 heterocycles. The molecule has 2 N–H and O–H groups in total. The van der Waals surface area contributed by atoms with Crippen molar-refractivity contribution in [3.8, 4) is 5.69 Å². The molecule has 11 heteroatoms. The second-order valence-electron chi connectivity index (χ2n) is 9.62. The lowest BCUT2D eigenvalue weighted by Gasteiger charge is -2.17. The number of hydrogen-bond donors (Lipinski definition) is 2. The van der Waals surface area contributed by atoms with Crippen LogP contribution in [0.15, 0.2) is 119 Å². The van der Waals surface area contributed by atoms with E-state index in [2.05, 4.69) is 10.6 Å². The first-order chi connectivity index (χ1) is 20.7. The summed E-state index contributed by atoms with van der Waals surface area (Å²) < 4.78 is 3.22. The number of carbonyl (C=O) groups is 2. The van der Waals surface area contributed by atoms with Gasteiger partial charge in [0.2, 0.25) is 5.91 Å². The van der Waals surface area contributed by atoms with E-state index in [-0.39, 0.29) is 28.4 Å². The monoisotopic (exact) mass is 593 g/mol. The van der Waals surface area contributed by atoms with Crippen molar-refractivity contribution in [2.24, 2.45) is 7.05 Å². The van der Waals surface area contributed by atoms with Gasteiger partial charge in [-0.05, 0) is 61.0 Å². The SMILES string of the molecule is Cc1c(NC(=O)C(Sc2ccc(NC(=O)c3ccc([N+](=O)[O-])cc3)cc2)c2ccccc2)c(=O)n(-c2ccccc2)n1C. The molecule has 1 unspecified atom stereocenters. The van der Waals surface area contributed by atoms with Gasteiger partial charge in [-0.15, -0.1) is 11.8 Å². The molecule has 0 spiro atoms. The molecule has 5 rings (SSSR count). The highest BCUT2D eigenvalue weighted by molar-refractivity contribution is 8.00. The van der Waals surface area contributed by atoms with Gasteiger partial charge in [0.25, 0.3) is 17.2 Å². The average Bonchev–Trinajstić information content (AvgIpc) is 3.24. The number of carbonyl (C=O) groups excluding carboxylic acids is 2. The minimum Gasteiger partial charge on any atom is -0.322 e. The molecule has 0 aliphatic carbocycles. The van der Waals surface area contributed by atoms with E-state index in [1.54, 1.807) is 42.9 Å². The first-order valence-electron chi connectivity index (χ1n) is 13.3. The van der Waals surface area contributed by atoms with Crippen molar-refractivity contribution in [2.45, 2.75) is 17.1 Å². The Balaban J connectivity index is 1.34. The summed E-state index contributed by atoms with van der Waals surface area (Å²) >= 11 is 1.31. The molecule has 0 radical (unpaired) electrons. The lowest BCUT2D eigenvalue weighted by Crippen LogP contribution is -2.25. The number of nitro benzene ring substituents is 1. The lowest BCUT2D eigenvalue weighted by atomic mass is 10.1. The van der Waals surface area contributed by atoms with Gasteiger partial charge < -0.3 is 10.6 Å². The Morgan fingerprint density at radius 3 is 2.05 bits per heavy atom. The number of aromatic nitrogens is 2. The van der Waals surface area contributed by atoms with Gasteiger partial charge in [0, 0.05) is 35.3 Å². The topological polar surface area (TPSA) is 128 Å². The summed E-state index contributed by atoms with van der Waals surface area (Å²) in [5.74, 6) is -0.756. The Hall–Kier alpha value is -5.42. The van der Waals surface area contributed by atoms with Crippen LogP contribution in [0.3, 0.4) is 0 Å². The van der Waals surface area contributed by atoms with Crippen LogP contribution in [0.5, 0.6) is 0 Å². The van der Waals surface area contributed by atoms with E-state index >= 15 is 0 Å². The van der Waals surface area contributed by atoms with Crippen molar-refractivity contribution in [3.63, 3.8) is 0 Å². The number of rotatable bonds is 9. The number of para-hydroxylation sites is 1. The molecule has 216 valence electrons. The van der Waals surface area contributed by atoms with E-state index in [1.807, 2.05) is 60.7 Å². The summed E-state index contributed by atoms with van der Waals surface area (Å²) in [6, 6.07) is 30.8. The maximum Gasteiger partial charge on any atom is 0.295 e. The molecule has 43 heavy (non-hydrogen) atoms. The van der Waals surface area contributed by atoms with E-state index in [9.17, 15) is 24.5 Å². The van der Waals surface area contributed by atoms with Gasteiger partial charge in [-0.1, -0.05) is 48.5 Å². The highest BCUT2D eigenvalue weighted by Gasteiger charge is 2.26. The number of hydrogen-bond acceptors (Lipinski definition) is 6. The molecule has 0 aliphatic rings. The molecule has 0 fully saturated rings. The number of nitrogens with one attached hydrogen (secondary N) is 2. The standard InChI is InChI=1S/C32H27N5O5S/c1-21-28(32(40)36(35(21)2)25-11-7-4-8-12-25)34-31(39)29(22-9-5-3-6-10-22)43-27-19-15-24(16-20-27)33-30(38)23-13-17-26(18-14-23)37(41)42/h3-20,29H,1-2H3,(H,33,38)(H,34,39). The summed E-state index contributed by atoms with van der Waals surface area (Å²) in [6.45, 7) is 1.78. The molecule has 0 aliphatic heterocycles. The van der Waals surface area contributed by atoms with Crippen molar-refractivity contribution >= 4 is 40.6 Å². The highest BCUT2D eigenvalue weighted by Crippen LogP contribution is 2.37. The molecule has 1 atom stereocenters. The smallest absolute Gasteiger partial charge is 0.295 e. The Kier molecular flexibility index (Phi) is 8.54. The second kappa shape index (κ2) is 12.6. The van der Waals surface area contributed by atoms with E-state index < -0.39 is 16.1 Å². The van der Waals surface area contributed by atoms with E-state index in [0.717, 1.165) is 10.5 Å². The number of anilines is 2. The van der Waals surface area contributed by atoms with Crippen LogP contribution in [-0.2, 0) is 11.8 Å². The molecule has 4 aromatic carbocycles. The fraction of sp³-hybridized carbons (Fsp3) is 0.0938. The maximum absolute atomic E-state index is 13.7. The number of nitro groups is 1. The minimum absolute atomic E-state index is 0.0979. The van der Waals surface area contributed by atoms with Gasteiger partial charge in [-0.2, -0.15) is 0 Å². The van der Waals surface area contributed by atoms with E-state index in [0.29, 0.717) is 17.1 Å². The quantitative estimate of drug-likeness (QED) is 0.120. The Bertz CT molecular complexity index is 1830. The molecule has 0 saturated heterocycles. The molecule has 5 aromatic rings. The number of amides is 2. The Labute approximate surface area is 251 Å². The summed E-state index contributed by atoms with van der Waals surface area (Å²) in [5.41, 5.74) is 2.66. The van der Waals surface area contributed by atoms with E-state index in [4.69, 9.17) is 0 Å². The van der Waals surface area contributed by atoms with Gasteiger partial charge in [0.05, 0.1) is 16.3 Å². The van der Waals surface area contributed by atoms with Crippen LogP contribution in [0, 0.1) is 17.0 Å². The molecule has 1 aromatic heterocycles. The molecule has 0 saturated carbocycles. The summed E-state index contributed by atoms with van der Waals surface area (Å²) in [4.78, 5) is 50.8. The first-order valence-corrected chi connectivity index (χ1v) is 14.1. The zero-order valence-corrected chi connectivity index (χ0v) is 24.1. The van der Waals surface area contributed by atoms with Gasteiger partial charge in [-0.25, -0.2) is 4.68 Å². The van der Waals surface area contributed by atoms with Crippen LogP contribution in [0.1, 0.15) is 26.9 Å². The predicted octanol–water partition coefficient (Wildman–Crippen LogP) is 6.12. The molecule has 2 amide bonds. The number of non-ortho nitro benzene ring substituents is 1. The Morgan fingerprint density at radius 2 is 1.44 bits per heavy atom. The van der Waals surface area contributed by atoms with Crippen LogP contribution in [-0.4, -0.2) is 26.1 Å². The normalized spacial score (nSPS) is 11.5. The molecule has 0 bridgehead atoms. The molecular weight excluding hydrogens is 566 g/mol. The fourth-order valence-electron chi connectivity index (χ4n) is 4.49. The van der Waals surface area contributed by atoms with Crippen molar-refractivity contribution in [3.05, 3.63) is 146 Å². The van der Waals surface area contributed by atoms with Gasteiger partial charge in [0.1, 0.15) is 10.9 Å². The Morgan fingerprint density at radius 1 is 0.837 bits per heavy atom. The van der Waals surface area contributed by atoms with Gasteiger partial charge in [-0.3, -0.25) is 29.2 Å². The predicted molar refractivity (Wildman–Crippen MR) is 167 cm³/mol. The van der Waals surface area contributed by atoms with Crippen LogP contribution >= 0.6 is 11.8 Å². The fourth-order valence-corrected chi connectivity index (χ4v) is 5.52. The molecular formula is C32H27N5O5S. The largest absolute Gasteiger partial charge is 0.322 e. The third-order valence-corrected chi connectivity index (χ3v) is 8.12. The highest BCUT2D eigenvalue weighted by atomic mass is 32.2. The minimum atomic E-state index is -0.675. The van der Waals surface area contributed by atoms with Crippen LogP contribution in [0.2, 0.25) is 0 Å². The van der Waals surface area contributed by atoms with Crippen LogP contribution < -0.4 is 16.2 Å². The number of nitrogens with zero attached hydrogens (tertiary/aromatic N) is 3. The van der Waals surface area contributed by atoms with E-state index in [1.165, 1.54) is 40.7 Å². The summed E-state index contributed by atoms with van der Waals surface area (Å²) in [6.07, 6.45) is 0. The zero-order chi connectivity index (χ0) is 30.5. The first kappa shape index (κ1) is 29.1. The van der Waals surface area contributed by atoms with Crippen molar-refractivity contribution in [1.82, 2.24) is 9.36 Å².